The van der Waals surface area contributed by atoms with Crippen LogP contribution in [0, 0.1) is 0 Å². The molecule has 0 atom stereocenters. The highest BCUT2D eigenvalue weighted by atomic mass is 35.5. The summed E-state index contributed by atoms with van der Waals surface area (Å²) in [5.41, 5.74) is 2.27. The van der Waals surface area contributed by atoms with Crippen LogP contribution in [0.15, 0.2) is 48.8 Å². The number of carboxylic acids is 1. The van der Waals surface area contributed by atoms with Gasteiger partial charge in [-0.1, -0.05) is 29.8 Å². The van der Waals surface area contributed by atoms with E-state index in [9.17, 15) is 4.79 Å². The Balaban J connectivity index is 1.86. The van der Waals surface area contributed by atoms with Gasteiger partial charge in [0, 0.05) is 23.8 Å². The Bertz CT molecular complexity index is 830. The van der Waals surface area contributed by atoms with Crippen molar-refractivity contribution in [1.29, 1.82) is 0 Å². The summed E-state index contributed by atoms with van der Waals surface area (Å²) >= 11 is 6.13. The lowest BCUT2D eigenvalue weighted by Crippen LogP contribution is -1.97. The predicted molar refractivity (Wildman–Crippen MR) is 83.0 cm³/mol. The number of aromatic nitrogens is 3. The molecule has 0 aliphatic heterocycles. The first-order valence-corrected chi connectivity index (χ1v) is 6.98. The van der Waals surface area contributed by atoms with E-state index in [1.54, 1.807) is 6.20 Å². The topological polar surface area (TPSA) is 78.9 Å². The van der Waals surface area contributed by atoms with Crippen molar-refractivity contribution in [2.75, 3.05) is 0 Å². The van der Waals surface area contributed by atoms with Crippen molar-refractivity contribution in [2.24, 2.45) is 0 Å². The van der Waals surface area contributed by atoms with Crippen molar-refractivity contribution >= 4 is 17.6 Å². The molecule has 110 valence electrons. The van der Waals surface area contributed by atoms with E-state index >= 15 is 0 Å². The molecule has 0 saturated carbocycles. The van der Waals surface area contributed by atoms with Crippen LogP contribution in [0.4, 0.5) is 0 Å². The number of nitrogens with one attached hydrogen (secondary N) is 1. The average Bonchev–Trinajstić information content (AvgIpc) is 2.98. The summed E-state index contributed by atoms with van der Waals surface area (Å²) in [6.45, 7) is 0. The number of carbonyl (C=O) groups is 1. The Hall–Kier alpha value is -2.66. The maximum atomic E-state index is 11.0. The van der Waals surface area contributed by atoms with Gasteiger partial charge in [-0.25, -0.2) is 9.78 Å². The first-order chi connectivity index (χ1) is 10.6. The van der Waals surface area contributed by atoms with Crippen LogP contribution >= 0.6 is 11.6 Å². The van der Waals surface area contributed by atoms with Gasteiger partial charge in [0.2, 0.25) is 0 Å². The Kier molecular flexibility index (Phi) is 3.89. The van der Waals surface area contributed by atoms with Crippen molar-refractivity contribution in [3.05, 3.63) is 70.8 Å². The van der Waals surface area contributed by atoms with Gasteiger partial charge in [0.15, 0.2) is 0 Å². The summed E-state index contributed by atoms with van der Waals surface area (Å²) in [7, 11) is 0. The van der Waals surface area contributed by atoms with Gasteiger partial charge < -0.3 is 10.1 Å². The second kappa shape index (κ2) is 5.99. The molecule has 1 aromatic carbocycles. The fraction of sp³-hybridized carbons (Fsp3) is 0.0625. The molecule has 0 saturated heterocycles. The van der Waals surface area contributed by atoms with Gasteiger partial charge in [0.25, 0.3) is 0 Å². The van der Waals surface area contributed by atoms with E-state index in [0.717, 1.165) is 11.4 Å². The number of aromatic amines is 1. The number of halogens is 1. The lowest BCUT2D eigenvalue weighted by molar-refractivity contribution is 0.0697. The van der Waals surface area contributed by atoms with Crippen LogP contribution in [-0.2, 0) is 6.42 Å². The molecule has 2 heterocycles. The van der Waals surface area contributed by atoms with E-state index in [4.69, 9.17) is 16.7 Å². The van der Waals surface area contributed by atoms with Gasteiger partial charge in [-0.3, -0.25) is 4.98 Å². The van der Waals surface area contributed by atoms with E-state index < -0.39 is 5.97 Å². The van der Waals surface area contributed by atoms with Crippen molar-refractivity contribution < 1.29 is 9.90 Å². The molecule has 0 unspecified atom stereocenters. The molecule has 0 aliphatic carbocycles. The van der Waals surface area contributed by atoms with E-state index in [-0.39, 0.29) is 5.56 Å². The number of H-pyrrole nitrogens is 1. The molecule has 0 radical (unpaired) electrons. The summed E-state index contributed by atoms with van der Waals surface area (Å²) in [4.78, 5) is 22.7. The number of rotatable bonds is 4. The number of imidazole rings is 1. The monoisotopic (exact) mass is 313 g/mol. The minimum atomic E-state index is -0.990. The van der Waals surface area contributed by atoms with Gasteiger partial charge >= 0.3 is 5.97 Å². The number of hydrogen-bond donors (Lipinski definition) is 2. The third-order valence-corrected chi connectivity index (χ3v) is 3.58. The summed E-state index contributed by atoms with van der Waals surface area (Å²) in [5.74, 6) is -0.249. The lowest BCUT2D eigenvalue weighted by atomic mass is 10.1. The molecule has 3 rings (SSSR count). The van der Waals surface area contributed by atoms with Gasteiger partial charge in [-0.05, 0) is 23.8 Å². The average molecular weight is 314 g/mol. The molecular formula is C16H12ClN3O2. The second-order valence-electron chi connectivity index (χ2n) is 4.74. The summed E-state index contributed by atoms with van der Waals surface area (Å²) in [5, 5.41) is 9.70. The third-order valence-electron chi connectivity index (χ3n) is 3.22. The Morgan fingerprint density at radius 3 is 2.82 bits per heavy atom. The number of hydrogen-bond acceptors (Lipinski definition) is 3. The van der Waals surface area contributed by atoms with Gasteiger partial charge in [0.05, 0.1) is 11.3 Å². The van der Waals surface area contributed by atoms with E-state index in [0.29, 0.717) is 22.8 Å². The highest BCUT2D eigenvalue weighted by Gasteiger charge is 2.10. The van der Waals surface area contributed by atoms with Crippen molar-refractivity contribution in [1.82, 2.24) is 15.0 Å². The first kappa shape index (κ1) is 14.3. The largest absolute Gasteiger partial charge is 0.478 e. The van der Waals surface area contributed by atoms with Crippen LogP contribution in [0.5, 0.6) is 0 Å². The predicted octanol–water partition coefficient (Wildman–Crippen LogP) is 3.41. The molecule has 3 aromatic rings. The molecule has 2 aromatic heterocycles. The number of carboxylic acid groups (broad SMARTS) is 1. The number of pyridine rings is 1. The van der Waals surface area contributed by atoms with Crippen molar-refractivity contribution in [3.8, 4) is 11.4 Å². The summed E-state index contributed by atoms with van der Waals surface area (Å²) in [6, 6.07) is 10.5. The van der Waals surface area contributed by atoms with Crippen molar-refractivity contribution in [3.63, 3.8) is 0 Å². The maximum Gasteiger partial charge on any atom is 0.335 e. The Labute approximate surface area is 131 Å². The standard InChI is InChI=1S/C16H12ClN3O2/c17-12-4-2-1-3-10(12)8-15-19-9-14(20-15)13-7-11(16(21)22)5-6-18-13/h1-7,9H,8H2,(H,19,20)(H,21,22). The van der Waals surface area contributed by atoms with Gasteiger partial charge in [0.1, 0.15) is 11.5 Å². The second-order valence-corrected chi connectivity index (χ2v) is 5.14. The molecular weight excluding hydrogens is 302 g/mol. The Morgan fingerprint density at radius 1 is 1.23 bits per heavy atom. The van der Waals surface area contributed by atoms with Gasteiger partial charge in [-0.2, -0.15) is 0 Å². The fourth-order valence-corrected chi connectivity index (χ4v) is 2.31. The molecule has 0 amide bonds. The zero-order valence-electron chi connectivity index (χ0n) is 11.5. The lowest BCUT2D eigenvalue weighted by Gasteiger charge is -2.01. The number of nitrogens with zero attached hydrogens (tertiary/aromatic N) is 2. The van der Waals surface area contributed by atoms with Crippen LogP contribution in [0.2, 0.25) is 5.02 Å². The first-order valence-electron chi connectivity index (χ1n) is 6.61. The van der Waals surface area contributed by atoms with Crippen LogP contribution in [-0.4, -0.2) is 26.0 Å². The minimum absolute atomic E-state index is 0.181. The van der Waals surface area contributed by atoms with E-state index in [1.807, 2.05) is 24.3 Å². The van der Waals surface area contributed by atoms with Crippen molar-refractivity contribution in [2.45, 2.75) is 6.42 Å². The molecule has 2 N–H and O–H groups in total. The van der Waals surface area contributed by atoms with Crippen LogP contribution in [0.1, 0.15) is 21.7 Å². The fourth-order valence-electron chi connectivity index (χ4n) is 2.11. The van der Waals surface area contributed by atoms with Crippen LogP contribution < -0.4 is 0 Å². The normalized spacial score (nSPS) is 10.6. The molecule has 5 nitrogen and oxygen atoms in total. The number of aromatic carboxylic acids is 1. The highest BCUT2D eigenvalue weighted by Crippen LogP contribution is 2.20. The summed E-state index contributed by atoms with van der Waals surface area (Å²) in [6.07, 6.45) is 3.74. The third kappa shape index (κ3) is 2.99. The quantitative estimate of drug-likeness (QED) is 0.773. The van der Waals surface area contributed by atoms with Crippen LogP contribution in [0.3, 0.4) is 0 Å². The zero-order chi connectivity index (χ0) is 15.5. The van der Waals surface area contributed by atoms with Gasteiger partial charge in [-0.15, -0.1) is 0 Å². The highest BCUT2D eigenvalue weighted by molar-refractivity contribution is 6.31. The Morgan fingerprint density at radius 2 is 2.05 bits per heavy atom. The molecule has 0 spiro atoms. The zero-order valence-corrected chi connectivity index (χ0v) is 12.2. The maximum absolute atomic E-state index is 11.0. The summed E-state index contributed by atoms with van der Waals surface area (Å²) < 4.78 is 0. The van der Waals surface area contributed by atoms with Crippen LogP contribution in [0.25, 0.3) is 11.4 Å². The molecule has 0 fully saturated rings. The number of benzene rings is 1. The van der Waals surface area contributed by atoms with E-state index in [1.165, 1.54) is 18.3 Å². The van der Waals surface area contributed by atoms with E-state index in [2.05, 4.69) is 15.0 Å². The SMILES string of the molecule is O=C(O)c1ccnc(-c2c[nH]c(Cc3ccccc3Cl)n2)c1. The smallest absolute Gasteiger partial charge is 0.335 e. The molecule has 22 heavy (non-hydrogen) atoms. The molecule has 0 bridgehead atoms. The minimum Gasteiger partial charge on any atom is -0.478 e. The molecule has 6 heteroatoms. The molecule has 0 aliphatic rings.